The number of aliphatic imine (C=N–C) groups is 1. The summed E-state index contributed by atoms with van der Waals surface area (Å²) in [6.45, 7) is 5.61. The van der Waals surface area contributed by atoms with Gasteiger partial charge in [0.25, 0.3) is 0 Å². The zero-order valence-electron chi connectivity index (χ0n) is 18.4. The van der Waals surface area contributed by atoms with Gasteiger partial charge in [0.1, 0.15) is 18.1 Å². The van der Waals surface area contributed by atoms with E-state index in [1.165, 1.54) is 37.1 Å². The first kappa shape index (κ1) is 25.3. The Labute approximate surface area is 203 Å². The normalized spacial score (nSPS) is 14.2. The van der Waals surface area contributed by atoms with Crippen molar-refractivity contribution in [2.45, 2.75) is 25.7 Å². The van der Waals surface area contributed by atoms with Gasteiger partial charge in [0, 0.05) is 19.6 Å². The SMILES string of the molecule is COc1ccc(CCNC(N)=NCCc2ccc(OCCN3CCCC3)cc2)cc1.I. The van der Waals surface area contributed by atoms with Gasteiger partial charge in [-0.25, -0.2) is 0 Å². The molecule has 0 radical (unpaired) electrons. The summed E-state index contributed by atoms with van der Waals surface area (Å²) in [7, 11) is 1.67. The number of nitrogens with zero attached hydrogens (tertiary/aromatic N) is 2. The molecule has 0 saturated carbocycles. The molecule has 0 spiro atoms. The predicted octanol–water partition coefficient (Wildman–Crippen LogP) is 3.48. The largest absolute Gasteiger partial charge is 0.497 e. The molecular formula is C24H35IN4O2. The van der Waals surface area contributed by atoms with Gasteiger partial charge < -0.3 is 20.5 Å². The van der Waals surface area contributed by atoms with Crippen LogP contribution in [0.5, 0.6) is 11.5 Å². The van der Waals surface area contributed by atoms with E-state index >= 15 is 0 Å². The second kappa shape index (κ2) is 14.1. The first-order valence-corrected chi connectivity index (χ1v) is 10.8. The van der Waals surface area contributed by atoms with E-state index in [1.54, 1.807) is 7.11 Å². The smallest absolute Gasteiger partial charge is 0.188 e. The Bertz CT molecular complexity index is 775. The highest BCUT2D eigenvalue weighted by Crippen LogP contribution is 2.14. The number of ether oxygens (including phenoxy) is 2. The Balaban J connectivity index is 0.00000341. The fourth-order valence-corrected chi connectivity index (χ4v) is 3.54. The van der Waals surface area contributed by atoms with Gasteiger partial charge in [0.15, 0.2) is 5.96 Å². The summed E-state index contributed by atoms with van der Waals surface area (Å²) in [6.07, 6.45) is 4.38. The fraction of sp³-hybridized carbons (Fsp3) is 0.458. The highest BCUT2D eigenvalue weighted by molar-refractivity contribution is 14.0. The van der Waals surface area contributed by atoms with Crippen LogP contribution in [0, 0.1) is 0 Å². The number of rotatable bonds is 11. The predicted molar refractivity (Wildman–Crippen MR) is 138 cm³/mol. The maximum Gasteiger partial charge on any atom is 0.188 e. The number of benzene rings is 2. The van der Waals surface area contributed by atoms with Crippen molar-refractivity contribution in [2.75, 3.05) is 46.4 Å². The summed E-state index contributed by atoms with van der Waals surface area (Å²) in [5.74, 6) is 2.29. The van der Waals surface area contributed by atoms with Gasteiger partial charge in [-0.3, -0.25) is 9.89 Å². The minimum atomic E-state index is 0. The molecule has 6 nitrogen and oxygen atoms in total. The van der Waals surface area contributed by atoms with E-state index in [4.69, 9.17) is 15.2 Å². The summed E-state index contributed by atoms with van der Waals surface area (Å²) < 4.78 is 11.0. The number of hydrogen-bond donors (Lipinski definition) is 2. The molecule has 0 bridgehead atoms. The molecular weight excluding hydrogens is 503 g/mol. The lowest BCUT2D eigenvalue weighted by molar-refractivity contribution is 0.238. The van der Waals surface area contributed by atoms with Crippen LogP contribution in [0.4, 0.5) is 0 Å². The van der Waals surface area contributed by atoms with Gasteiger partial charge in [-0.1, -0.05) is 24.3 Å². The van der Waals surface area contributed by atoms with E-state index in [0.29, 0.717) is 12.5 Å². The van der Waals surface area contributed by atoms with Crippen LogP contribution in [-0.2, 0) is 12.8 Å². The van der Waals surface area contributed by atoms with Crippen LogP contribution in [-0.4, -0.2) is 57.3 Å². The number of nitrogens with one attached hydrogen (secondary N) is 1. The Morgan fingerprint density at radius 1 is 0.968 bits per heavy atom. The van der Waals surface area contributed by atoms with Crippen LogP contribution < -0.4 is 20.5 Å². The third kappa shape index (κ3) is 9.35. The van der Waals surface area contributed by atoms with E-state index < -0.39 is 0 Å². The van der Waals surface area contributed by atoms with Gasteiger partial charge in [-0.15, -0.1) is 24.0 Å². The minimum absolute atomic E-state index is 0. The van der Waals surface area contributed by atoms with Gasteiger partial charge in [0.05, 0.1) is 7.11 Å². The molecule has 2 aromatic carbocycles. The molecule has 7 heteroatoms. The van der Waals surface area contributed by atoms with Crippen molar-refractivity contribution < 1.29 is 9.47 Å². The van der Waals surface area contributed by atoms with Crippen molar-refractivity contribution >= 4 is 29.9 Å². The summed E-state index contributed by atoms with van der Waals surface area (Å²) >= 11 is 0. The Morgan fingerprint density at radius 3 is 2.23 bits per heavy atom. The van der Waals surface area contributed by atoms with Crippen LogP contribution in [0.2, 0.25) is 0 Å². The van der Waals surface area contributed by atoms with Crippen LogP contribution in [0.1, 0.15) is 24.0 Å². The van der Waals surface area contributed by atoms with Crippen molar-refractivity contribution in [3.05, 3.63) is 59.7 Å². The van der Waals surface area contributed by atoms with Crippen LogP contribution in [0.25, 0.3) is 0 Å². The quantitative estimate of drug-likeness (QED) is 0.261. The topological polar surface area (TPSA) is 72.1 Å². The Morgan fingerprint density at radius 2 is 1.58 bits per heavy atom. The number of likely N-dealkylation sites (tertiary alicyclic amines) is 1. The lowest BCUT2D eigenvalue weighted by Crippen LogP contribution is -2.33. The lowest BCUT2D eigenvalue weighted by atomic mass is 10.1. The molecule has 0 aliphatic carbocycles. The standard InChI is InChI=1S/C24H34N4O2.HI/c1-29-22-8-4-20(5-9-22)12-14-26-24(25)27-15-13-21-6-10-23(11-7-21)30-19-18-28-16-2-3-17-28;/h4-11H,2-3,12-19H2,1H3,(H3,25,26,27);1H. The van der Waals surface area contributed by atoms with Gasteiger partial charge >= 0.3 is 0 Å². The summed E-state index contributed by atoms with van der Waals surface area (Å²) in [5, 5.41) is 3.17. The van der Waals surface area contributed by atoms with Crippen molar-refractivity contribution in [3.63, 3.8) is 0 Å². The molecule has 1 fully saturated rings. The summed E-state index contributed by atoms with van der Waals surface area (Å²) in [6, 6.07) is 16.4. The van der Waals surface area contributed by atoms with Crippen LogP contribution >= 0.6 is 24.0 Å². The maximum absolute atomic E-state index is 5.97. The zero-order chi connectivity index (χ0) is 21.0. The molecule has 170 valence electrons. The average Bonchev–Trinajstić information content (AvgIpc) is 3.29. The average molecular weight is 538 g/mol. The summed E-state index contributed by atoms with van der Waals surface area (Å²) in [4.78, 5) is 6.88. The highest BCUT2D eigenvalue weighted by Gasteiger charge is 2.10. The number of hydrogen-bond acceptors (Lipinski definition) is 4. The van der Waals surface area contributed by atoms with Gasteiger partial charge in [-0.05, 0) is 74.2 Å². The molecule has 0 amide bonds. The number of guanidine groups is 1. The molecule has 1 saturated heterocycles. The first-order valence-electron chi connectivity index (χ1n) is 10.8. The molecule has 0 aromatic heterocycles. The second-order valence-corrected chi connectivity index (χ2v) is 7.58. The highest BCUT2D eigenvalue weighted by atomic mass is 127. The van der Waals surface area contributed by atoms with E-state index in [-0.39, 0.29) is 24.0 Å². The molecule has 1 aliphatic rings. The molecule has 3 rings (SSSR count). The minimum Gasteiger partial charge on any atom is -0.497 e. The number of methoxy groups -OCH3 is 1. The van der Waals surface area contributed by atoms with Gasteiger partial charge in [0.2, 0.25) is 0 Å². The van der Waals surface area contributed by atoms with Crippen molar-refractivity contribution in [3.8, 4) is 11.5 Å². The van der Waals surface area contributed by atoms with Crippen molar-refractivity contribution in [2.24, 2.45) is 10.7 Å². The Hall–Kier alpha value is -2.00. The molecule has 2 aromatic rings. The molecule has 1 heterocycles. The molecule has 1 aliphatic heterocycles. The summed E-state index contributed by atoms with van der Waals surface area (Å²) in [5.41, 5.74) is 8.44. The molecule has 0 unspecified atom stereocenters. The zero-order valence-corrected chi connectivity index (χ0v) is 20.7. The van der Waals surface area contributed by atoms with E-state index in [9.17, 15) is 0 Å². The lowest BCUT2D eigenvalue weighted by Gasteiger charge is -2.15. The number of nitrogens with two attached hydrogens (primary N) is 1. The number of halogens is 1. The molecule has 31 heavy (non-hydrogen) atoms. The van der Waals surface area contributed by atoms with Gasteiger partial charge in [-0.2, -0.15) is 0 Å². The molecule has 0 atom stereocenters. The fourth-order valence-electron chi connectivity index (χ4n) is 3.54. The van der Waals surface area contributed by atoms with E-state index in [1.807, 2.05) is 24.3 Å². The van der Waals surface area contributed by atoms with Crippen molar-refractivity contribution in [1.82, 2.24) is 10.2 Å². The third-order valence-electron chi connectivity index (χ3n) is 5.36. The van der Waals surface area contributed by atoms with Crippen LogP contribution in [0.15, 0.2) is 53.5 Å². The van der Waals surface area contributed by atoms with E-state index in [0.717, 1.165) is 44.0 Å². The van der Waals surface area contributed by atoms with Crippen LogP contribution in [0.3, 0.4) is 0 Å². The third-order valence-corrected chi connectivity index (χ3v) is 5.36. The first-order chi connectivity index (χ1) is 14.7. The Kier molecular flexibility index (Phi) is 11.5. The molecule has 3 N–H and O–H groups in total. The second-order valence-electron chi connectivity index (χ2n) is 7.58. The van der Waals surface area contributed by atoms with Crippen molar-refractivity contribution in [1.29, 1.82) is 0 Å². The van der Waals surface area contributed by atoms with E-state index in [2.05, 4.69) is 39.5 Å². The maximum atomic E-state index is 5.97. The monoisotopic (exact) mass is 538 g/mol.